The number of likely N-dealkylation sites (N-methyl/N-ethyl adjacent to an activating group) is 1. The summed E-state index contributed by atoms with van der Waals surface area (Å²) in [5.74, 6) is 1.22. The first kappa shape index (κ1) is 26.0. The second-order valence-corrected chi connectivity index (χ2v) is 9.67. The fourth-order valence-corrected chi connectivity index (χ4v) is 5.24. The van der Waals surface area contributed by atoms with Crippen molar-refractivity contribution in [2.75, 3.05) is 13.7 Å². The number of ether oxygens (including phenoxy) is 2. The number of rotatable bonds is 8. The Morgan fingerprint density at radius 3 is 2.44 bits per heavy atom. The Labute approximate surface area is 229 Å². The van der Waals surface area contributed by atoms with Gasteiger partial charge in [-0.3, -0.25) is 19.8 Å². The highest BCUT2D eigenvalue weighted by atomic mass is 32.2. The van der Waals surface area contributed by atoms with Gasteiger partial charge in [-0.05, 0) is 83.6 Å². The first-order chi connectivity index (χ1) is 19.0. The molecule has 0 unspecified atom stereocenters. The molecule has 196 valence electrons. The summed E-state index contributed by atoms with van der Waals surface area (Å²) in [6, 6.07) is 25.4. The van der Waals surface area contributed by atoms with E-state index < -0.39 is 4.92 Å². The smallest absolute Gasteiger partial charge is 0.269 e. The van der Waals surface area contributed by atoms with Crippen LogP contribution in [0.25, 0.3) is 16.8 Å². The van der Waals surface area contributed by atoms with Crippen molar-refractivity contribution < 1.29 is 19.2 Å². The van der Waals surface area contributed by atoms with E-state index in [1.165, 1.54) is 23.9 Å². The number of amides is 1. The predicted molar refractivity (Wildman–Crippen MR) is 154 cm³/mol. The van der Waals surface area contributed by atoms with Crippen LogP contribution in [0.5, 0.6) is 11.5 Å². The number of aliphatic imine (C=N–C) groups is 1. The third-order valence-electron chi connectivity index (χ3n) is 6.25. The number of nitrogens with zero attached hydrogens (tertiary/aromatic N) is 3. The molecule has 0 radical (unpaired) electrons. The summed E-state index contributed by atoms with van der Waals surface area (Å²) in [6.07, 6.45) is 1.86. The molecule has 5 rings (SSSR count). The first-order valence-electron chi connectivity index (χ1n) is 12.3. The standard InChI is InChI=1S/C30H25N3O5S/c1-3-32-29(34)28(39-30(32)31-22-11-15-24(37-2)16-12-22)18-26-25-7-5-4-6-21(25)10-17-27(26)38-19-20-8-13-23(14-9-20)33(35)36/h4-18H,3,19H2,1-2H3/b28-18+,31-30?. The summed E-state index contributed by atoms with van der Waals surface area (Å²) in [5.41, 5.74) is 2.33. The molecular formula is C30H25N3O5S. The van der Waals surface area contributed by atoms with Crippen molar-refractivity contribution in [1.29, 1.82) is 0 Å². The van der Waals surface area contributed by atoms with Crippen molar-refractivity contribution in [3.8, 4) is 11.5 Å². The van der Waals surface area contributed by atoms with Crippen LogP contribution in [0, 0.1) is 10.1 Å². The summed E-state index contributed by atoms with van der Waals surface area (Å²) >= 11 is 1.32. The Morgan fingerprint density at radius 1 is 1.00 bits per heavy atom. The zero-order valence-corrected chi connectivity index (χ0v) is 22.2. The number of benzene rings is 4. The Kier molecular flexibility index (Phi) is 7.60. The molecule has 1 amide bonds. The summed E-state index contributed by atoms with van der Waals surface area (Å²) < 4.78 is 11.4. The van der Waals surface area contributed by atoms with Crippen LogP contribution in [-0.2, 0) is 11.4 Å². The molecule has 0 atom stereocenters. The number of non-ortho nitro benzene ring substituents is 1. The molecule has 1 heterocycles. The second-order valence-electron chi connectivity index (χ2n) is 8.66. The SMILES string of the molecule is CCN1C(=O)/C(=C\c2c(OCc3ccc([N+](=O)[O-])cc3)ccc3ccccc23)SC1=Nc1ccc(OC)cc1. The molecule has 0 bridgehead atoms. The molecule has 0 aromatic heterocycles. The van der Waals surface area contributed by atoms with Gasteiger partial charge in [0.2, 0.25) is 0 Å². The van der Waals surface area contributed by atoms with Gasteiger partial charge in [0.25, 0.3) is 11.6 Å². The van der Waals surface area contributed by atoms with Gasteiger partial charge in [0.05, 0.1) is 22.6 Å². The summed E-state index contributed by atoms with van der Waals surface area (Å²) in [5, 5.41) is 13.5. The van der Waals surface area contributed by atoms with E-state index in [-0.39, 0.29) is 18.2 Å². The molecule has 0 spiro atoms. The van der Waals surface area contributed by atoms with Crippen LogP contribution in [0.4, 0.5) is 11.4 Å². The number of carbonyl (C=O) groups is 1. The lowest BCUT2D eigenvalue weighted by Gasteiger charge is -2.13. The average Bonchev–Trinajstić information content (AvgIpc) is 3.26. The van der Waals surface area contributed by atoms with Gasteiger partial charge >= 0.3 is 0 Å². The van der Waals surface area contributed by atoms with E-state index in [0.717, 1.165) is 33.3 Å². The van der Waals surface area contributed by atoms with E-state index in [2.05, 4.69) is 0 Å². The quantitative estimate of drug-likeness (QED) is 0.136. The van der Waals surface area contributed by atoms with Gasteiger partial charge in [0, 0.05) is 24.2 Å². The molecule has 4 aromatic rings. The third-order valence-corrected chi connectivity index (χ3v) is 7.26. The Balaban J connectivity index is 1.48. The number of amidine groups is 1. The number of nitro groups is 1. The van der Waals surface area contributed by atoms with Crippen LogP contribution < -0.4 is 9.47 Å². The molecule has 9 heteroatoms. The van der Waals surface area contributed by atoms with Gasteiger partial charge in [-0.1, -0.05) is 30.3 Å². The molecule has 1 fully saturated rings. The number of carbonyl (C=O) groups excluding carboxylic acids is 1. The zero-order chi connectivity index (χ0) is 27.4. The van der Waals surface area contributed by atoms with Gasteiger partial charge in [-0.25, -0.2) is 4.99 Å². The highest BCUT2D eigenvalue weighted by Gasteiger charge is 2.32. The van der Waals surface area contributed by atoms with Crippen molar-refractivity contribution in [1.82, 2.24) is 4.90 Å². The van der Waals surface area contributed by atoms with Crippen LogP contribution in [-0.4, -0.2) is 34.6 Å². The van der Waals surface area contributed by atoms with Crippen molar-refractivity contribution in [2.24, 2.45) is 4.99 Å². The summed E-state index contributed by atoms with van der Waals surface area (Å²) in [4.78, 5) is 30.9. The lowest BCUT2D eigenvalue weighted by atomic mass is 10.0. The highest BCUT2D eigenvalue weighted by molar-refractivity contribution is 8.18. The number of hydrogen-bond donors (Lipinski definition) is 0. The van der Waals surface area contributed by atoms with Gasteiger partial charge in [0.1, 0.15) is 18.1 Å². The van der Waals surface area contributed by atoms with Gasteiger partial charge < -0.3 is 9.47 Å². The maximum absolute atomic E-state index is 13.4. The predicted octanol–water partition coefficient (Wildman–Crippen LogP) is 6.96. The van der Waals surface area contributed by atoms with E-state index in [1.54, 1.807) is 24.1 Å². The number of hydrogen-bond acceptors (Lipinski definition) is 7. The number of thioether (sulfide) groups is 1. The molecule has 0 N–H and O–H groups in total. The fourth-order valence-electron chi connectivity index (χ4n) is 4.19. The van der Waals surface area contributed by atoms with E-state index in [1.807, 2.05) is 73.7 Å². The molecule has 8 nitrogen and oxygen atoms in total. The normalized spacial score (nSPS) is 15.3. The number of fused-ring (bicyclic) bond motifs is 1. The minimum atomic E-state index is -0.430. The number of nitro benzene ring substituents is 1. The maximum atomic E-state index is 13.4. The summed E-state index contributed by atoms with van der Waals surface area (Å²) in [6.45, 7) is 2.62. The van der Waals surface area contributed by atoms with Crippen LogP contribution >= 0.6 is 11.8 Å². The first-order valence-corrected chi connectivity index (χ1v) is 13.1. The highest BCUT2D eigenvalue weighted by Crippen LogP contribution is 2.38. The molecule has 0 aliphatic carbocycles. The van der Waals surface area contributed by atoms with E-state index >= 15 is 0 Å². The van der Waals surface area contributed by atoms with Crippen molar-refractivity contribution in [3.05, 3.63) is 111 Å². The van der Waals surface area contributed by atoms with Gasteiger partial charge in [0.15, 0.2) is 5.17 Å². The van der Waals surface area contributed by atoms with Crippen molar-refractivity contribution in [3.63, 3.8) is 0 Å². The zero-order valence-electron chi connectivity index (χ0n) is 21.4. The van der Waals surface area contributed by atoms with E-state index in [4.69, 9.17) is 14.5 Å². The lowest BCUT2D eigenvalue weighted by molar-refractivity contribution is -0.384. The minimum absolute atomic E-state index is 0.0271. The molecule has 1 aliphatic rings. The topological polar surface area (TPSA) is 94.3 Å². The molecule has 1 aliphatic heterocycles. The van der Waals surface area contributed by atoms with Crippen molar-refractivity contribution >= 4 is 51.1 Å². The largest absolute Gasteiger partial charge is 0.497 e. The van der Waals surface area contributed by atoms with Crippen LogP contribution in [0.2, 0.25) is 0 Å². The molecule has 39 heavy (non-hydrogen) atoms. The Morgan fingerprint density at radius 2 is 1.74 bits per heavy atom. The van der Waals surface area contributed by atoms with Crippen molar-refractivity contribution in [2.45, 2.75) is 13.5 Å². The van der Waals surface area contributed by atoms with Crippen LogP contribution in [0.3, 0.4) is 0 Å². The summed E-state index contributed by atoms with van der Waals surface area (Å²) in [7, 11) is 1.61. The molecular weight excluding hydrogens is 514 g/mol. The lowest BCUT2D eigenvalue weighted by Crippen LogP contribution is -2.28. The van der Waals surface area contributed by atoms with E-state index in [0.29, 0.717) is 22.4 Å². The Bertz CT molecular complexity index is 1600. The third kappa shape index (κ3) is 5.63. The Hall–Kier alpha value is -4.63. The van der Waals surface area contributed by atoms with Crippen LogP contribution in [0.1, 0.15) is 18.1 Å². The second kappa shape index (κ2) is 11.4. The fraction of sp³-hybridized carbons (Fsp3) is 0.133. The van der Waals surface area contributed by atoms with E-state index in [9.17, 15) is 14.9 Å². The minimum Gasteiger partial charge on any atom is -0.497 e. The maximum Gasteiger partial charge on any atom is 0.269 e. The average molecular weight is 540 g/mol. The van der Waals surface area contributed by atoms with Gasteiger partial charge in [-0.15, -0.1) is 0 Å². The number of methoxy groups -OCH3 is 1. The monoisotopic (exact) mass is 539 g/mol. The molecule has 0 saturated carbocycles. The van der Waals surface area contributed by atoms with Gasteiger partial charge in [-0.2, -0.15) is 0 Å². The molecule has 4 aromatic carbocycles. The molecule has 1 saturated heterocycles. The van der Waals surface area contributed by atoms with Crippen LogP contribution in [0.15, 0.2) is 94.8 Å².